The summed E-state index contributed by atoms with van der Waals surface area (Å²) in [4.78, 5) is 17.6. The van der Waals surface area contributed by atoms with Crippen molar-refractivity contribution in [3.63, 3.8) is 0 Å². The minimum Gasteiger partial charge on any atom is -0.367 e. The van der Waals surface area contributed by atoms with Gasteiger partial charge in [0.15, 0.2) is 9.84 Å². The van der Waals surface area contributed by atoms with Crippen molar-refractivity contribution in [1.29, 1.82) is 0 Å². The number of amides is 1. The predicted molar refractivity (Wildman–Crippen MR) is 152 cm³/mol. The first-order chi connectivity index (χ1) is 22.8. The molecule has 3 N–H and O–H groups in total. The van der Waals surface area contributed by atoms with Gasteiger partial charge in [-0.15, -0.1) is 5.10 Å². The van der Waals surface area contributed by atoms with Gasteiger partial charge in [0.05, 0.1) is 17.9 Å². The fourth-order valence-corrected chi connectivity index (χ4v) is 7.76. The molecule has 1 aromatic heterocycles. The predicted octanol–water partition coefficient (Wildman–Crippen LogP) is 5.49. The van der Waals surface area contributed by atoms with E-state index >= 15 is 0 Å². The highest BCUT2D eigenvalue weighted by molar-refractivity contribution is 7.92. The molecular weight excluding hydrogens is 697 g/mol. The smallest absolute Gasteiger partial charge is 0.367 e. The minimum atomic E-state index is -6.24. The monoisotopic (exact) mass is 721 g/mol. The molecule has 0 radical (unpaired) electrons. The van der Waals surface area contributed by atoms with Crippen LogP contribution in [0.15, 0.2) is 71.6 Å². The number of sulfone groups is 1. The molecular formula is C30H24F9N5O4S. The summed E-state index contributed by atoms with van der Waals surface area (Å²) in [6.45, 7) is -2.62. The number of hydrogen-bond acceptors (Lipinski definition) is 7. The van der Waals surface area contributed by atoms with Gasteiger partial charge in [0.25, 0.3) is 5.60 Å². The Kier molecular flexibility index (Phi) is 9.22. The van der Waals surface area contributed by atoms with Crippen LogP contribution in [-0.2, 0) is 42.7 Å². The van der Waals surface area contributed by atoms with Crippen LogP contribution in [0.25, 0.3) is 0 Å². The van der Waals surface area contributed by atoms with Crippen molar-refractivity contribution < 1.29 is 57.5 Å². The van der Waals surface area contributed by atoms with Crippen molar-refractivity contribution in [1.82, 2.24) is 20.1 Å². The van der Waals surface area contributed by atoms with E-state index in [1.807, 2.05) is 0 Å². The topological polar surface area (TPSA) is 131 Å². The lowest BCUT2D eigenvalue weighted by molar-refractivity contribution is -0.392. The number of nitrogens with one attached hydrogen (secondary N) is 1. The maximum Gasteiger partial charge on any atom is 0.430 e. The molecule has 1 aliphatic rings. The first-order valence-corrected chi connectivity index (χ1v) is 15.6. The highest BCUT2D eigenvalue weighted by Crippen LogP contribution is 2.54. The number of H-pyrrole nitrogens is 1. The van der Waals surface area contributed by atoms with Gasteiger partial charge in [-0.05, 0) is 48.4 Å². The third-order valence-electron chi connectivity index (χ3n) is 8.20. The van der Waals surface area contributed by atoms with Crippen molar-refractivity contribution in [3.8, 4) is 0 Å². The first kappa shape index (κ1) is 35.7. The summed E-state index contributed by atoms with van der Waals surface area (Å²) < 4.78 is 159. The summed E-state index contributed by atoms with van der Waals surface area (Å²) in [5.74, 6) is -4.49. The number of ether oxygens (including phenoxy) is 1. The van der Waals surface area contributed by atoms with Gasteiger partial charge in [0, 0.05) is 24.2 Å². The van der Waals surface area contributed by atoms with Crippen molar-refractivity contribution in [2.24, 2.45) is 0 Å². The van der Waals surface area contributed by atoms with Crippen molar-refractivity contribution in [2.75, 3.05) is 18.8 Å². The van der Waals surface area contributed by atoms with Gasteiger partial charge in [0.1, 0.15) is 28.0 Å². The van der Waals surface area contributed by atoms with Crippen LogP contribution >= 0.6 is 0 Å². The molecule has 2 heterocycles. The molecule has 3 aromatic carbocycles. The number of benzene rings is 3. The van der Waals surface area contributed by atoms with Crippen LogP contribution in [0.3, 0.4) is 0 Å². The van der Waals surface area contributed by atoms with Gasteiger partial charge < -0.3 is 15.4 Å². The van der Waals surface area contributed by atoms with Crippen molar-refractivity contribution in [2.45, 2.75) is 47.0 Å². The molecule has 0 bridgehead atoms. The number of aromatic nitrogens is 3. The van der Waals surface area contributed by atoms with E-state index in [1.54, 1.807) is 0 Å². The van der Waals surface area contributed by atoms with Crippen LogP contribution in [0, 0.1) is 17.5 Å². The molecule has 0 aliphatic carbocycles. The van der Waals surface area contributed by atoms with E-state index in [0.717, 1.165) is 35.2 Å². The molecule has 1 fully saturated rings. The van der Waals surface area contributed by atoms with Crippen LogP contribution in [0.2, 0.25) is 0 Å². The maximum absolute atomic E-state index is 14.5. The summed E-state index contributed by atoms with van der Waals surface area (Å²) in [5.41, 5.74) is -2.74. The van der Waals surface area contributed by atoms with Gasteiger partial charge in [-0.1, -0.05) is 30.3 Å². The van der Waals surface area contributed by atoms with E-state index < -0.39 is 91.5 Å². The Bertz CT molecular complexity index is 1920. The number of alkyl halides is 6. The van der Waals surface area contributed by atoms with E-state index in [0.29, 0.717) is 36.4 Å². The third-order valence-corrected chi connectivity index (χ3v) is 10.7. The van der Waals surface area contributed by atoms with Gasteiger partial charge in [0.2, 0.25) is 11.9 Å². The number of carbonyl (C=O) groups excluding carboxylic acids is 1. The summed E-state index contributed by atoms with van der Waals surface area (Å²) >= 11 is 0. The number of rotatable bonds is 9. The Balaban J connectivity index is 1.59. The molecule has 4 aromatic rings. The molecule has 0 spiro atoms. The van der Waals surface area contributed by atoms with E-state index in [9.17, 15) is 52.7 Å². The van der Waals surface area contributed by atoms with Crippen LogP contribution in [0.5, 0.6) is 0 Å². The number of nitrogens with two attached hydrogens (primary N) is 1. The molecule has 1 amide bonds. The second kappa shape index (κ2) is 12.7. The number of nitrogens with zero attached hydrogens (tertiary/aromatic N) is 3. The lowest BCUT2D eigenvalue weighted by Gasteiger charge is -2.38. The highest BCUT2D eigenvalue weighted by atomic mass is 32.2. The number of aromatic amines is 1. The molecule has 0 saturated carbocycles. The Labute approximate surface area is 271 Å². The molecule has 1 aliphatic heterocycles. The van der Waals surface area contributed by atoms with Gasteiger partial charge in [-0.2, -0.15) is 31.3 Å². The fraction of sp³-hybridized carbons (Fsp3) is 0.300. The average molecular weight is 722 g/mol. The standard InChI is InChI=1S/C30H24F9N5O4S/c31-19-8-10-20(11-9-19)49(46,47)27(12-13-44(16-27)25(45)14-24-41-26(40)43-42-24)17-4-6-18(7-5-17)28(29(34,35)36,30(37,38)39)48-15-21-22(32)2-1-3-23(21)33/h1-11H,12-16H2,(H3,40,41,42,43)/t27-/m0/s1. The third kappa shape index (κ3) is 6.31. The lowest BCUT2D eigenvalue weighted by Crippen LogP contribution is -2.56. The normalized spacial score (nSPS) is 17.4. The van der Waals surface area contributed by atoms with Crippen LogP contribution in [0.4, 0.5) is 45.5 Å². The number of hydrogen-bond donors (Lipinski definition) is 2. The van der Waals surface area contributed by atoms with Crippen molar-refractivity contribution >= 4 is 21.7 Å². The Morgan fingerprint density at radius 3 is 2.04 bits per heavy atom. The van der Waals surface area contributed by atoms with E-state index in [4.69, 9.17) is 5.73 Å². The second-order valence-corrected chi connectivity index (χ2v) is 13.3. The van der Waals surface area contributed by atoms with Gasteiger partial charge >= 0.3 is 12.4 Å². The Morgan fingerprint density at radius 1 is 0.918 bits per heavy atom. The molecule has 49 heavy (non-hydrogen) atoms. The number of nitrogen functional groups attached to an aromatic ring is 1. The van der Waals surface area contributed by atoms with E-state index in [-0.39, 0.29) is 30.3 Å². The summed E-state index contributed by atoms with van der Waals surface area (Å²) in [6, 6.07) is 7.74. The molecule has 0 unspecified atom stereocenters. The summed E-state index contributed by atoms with van der Waals surface area (Å²) in [5, 5.41) is 6.02. The van der Waals surface area contributed by atoms with Crippen molar-refractivity contribution in [3.05, 3.63) is 107 Å². The number of likely N-dealkylation sites (tertiary alicyclic amines) is 1. The SMILES string of the molecule is Nc1n[nH]c(CC(=O)N2CC[C@](c3ccc(C(OCc4c(F)cccc4F)(C(F)(F)F)C(F)(F)F)cc3)(S(=O)(=O)c3ccc(F)cc3)C2)n1. The zero-order chi connectivity index (χ0) is 36.0. The fourth-order valence-electron chi connectivity index (χ4n) is 5.68. The molecule has 5 rings (SSSR count). The Morgan fingerprint density at radius 2 is 1.51 bits per heavy atom. The lowest BCUT2D eigenvalue weighted by atomic mass is 9.88. The van der Waals surface area contributed by atoms with Crippen LogP contribution in [0.1, 0.15) is 28.9 Å². The Hall–Kier alpha value is -4.65. The number of anilines is 1. The summed E-state index contributed by atoms with van der Waals surface area (Å²) in [6.07, 6.45) is -13.3. The highest BCUT2D eigenvalue weighted by Gasteiger charge is 2.73. The zero-order valence-electron chi connectivity index (χ0n) is 24.7. The molecule has 9 nitrogen and oxygen atoms in total. The van der Waals surface area contributed by atoms with E-state index in [2.05, 4.69) is 19.9 Å². The summed E-state index contributed by atoms with van der Waals surface area (Å²) in [7, 11) is -4.64. The number of halogens is 9. The van der Waals surface area contributed by atoms with E-state index in [1.165, 1.54) is 0 Å². The maximum atomic E-state index is 14.5. The van der Waals surface area contributed by atoms with Gasteiger partial charge in [-0.25, -0.2) is 21.6 Å². The largest absolute Gasteiger partial charge is 0.430 e. The van der Waals surface area contributed by atoms with Crippen LogP contribution in [-0.4, -0.2) is 59.8 Å². The quantitative estimate of drug-likeness (QED) is 0.173. The van der Waals surface area contributed by atoms with Gasteiger partial charge in [-0.3, -0.25) is 9.89 Å². The second-order valence-electron chi connectivity index (χ2n) is 11.1. The molecule has 1 atom stereocenters. The molecule has 262 valence electrons. The number of carbonyl (C=O) groups is 1. The zero-order valence-corrected chi connectivity index (χ0v) is 25.6. The van der Waals surface area contributed by atoms with Crippen LogP contribution < -0.4 is 5.73 Å². The first-order valence-electron chi connectivity index (χ1n) is 14.1. The molecule has 1 saturated heterocycles. The molecule has 19 heteroatoms. The minimum absolute atomic E-state index is 0.0386. The average Bonchev–Trinajstić information content (AvgIpc) is 3.65.